The zero-order valence-electron chi connectivity index (χ0n) is 15.3. The number of rotatable bonds is 4. The van der Waals surface area contributed by atoms with Crippen LogP contribution in [-0.4, -0.2) is 16.1 Å². The lowest BCUT2D eigenvalue weighted by Gasteiger charge is -2.10. The number of hydrogen-bond acceptors (Lipinski definition) is 6. The van der Waals surface area contributed by atoms with Crippen molar-refractivity contribution >= 4 is 22.6 Å². The molecule has 0 spiro atoms. The average molecular weight is 379 g/mol. The molecule has 3 aromatic rings. The van der Waals surface area contributed by atoms with Gasteiger partial charge in [-0.3, -0.25) is 0 Å². The number of aryl methyl sites for hydroxylation is 1. The highest BCUT2D eigenvalue weighted by atomic mass is 16.4. The van der Waals surface area contributed by atoms with E-state index in [2.05, 4.69) is 10.3 Å². The number of hydrogen-bond donors (Lipinski definition) is 2. The lowest BCUT2D eigenvalue weighted by atomic mass is 10.0. The molecule has 138 valence electrons. The molecule has 0 bridgehead atoms. The van der Waals surface area contributed by atoms with Crippen LogP contribution >= 0.6 is 0 Å². The fourth-order valence-electron chi connectivity index (χ4n) is 2.85. The Hall–Kier alpha value is -4.67. The van der Waals surface area contributed by atoms with E-state index in [1.807, 2.05) is 13.0 Å². The molecule has 1 heterocycles. The van der Waals surface area contributed by atoms with Gasteiger partial charge in [-0.05, 0) is 37.3 Å². The molecule has 0 saturated carbocycles. The van der Waals surface area contributed by atoms with Gasteiger partial charge in [-0.25, -0.2) is 9.78 Å². The number of nitrogens with zero attached hydrogens (tertiary/aromatic N) is 4. The van der Waals surface area contributed by atoms with Crippen LogP contribution in [0.3, 0.4) is 0 Å². The minimum absolute atomic E-state index is 0.140. The Labute approximate surface area is 166 Å². The number of anilines is 1. The summed E-state index contributed by atoms with van der Waals surface area (Å²) in [6.07, 6.45) is 0. The molecule has 0 fully saturated rings. The number of carboxylic acids is 1. The van der Waals surface area contributed by atoms with E-state index in [1.54, 1.807) is 54.6 Å². The first-order valence-corrected chi connectivity index (χ1v) is 8.43. The minimum Gasteiger partial charge on any atom is -0.478 e. The predicted octanol–water partition coefficient (Wildman–Crippen LogP) is 4.15. The summed E-state index contributed by atoms with van der Waals surface area (Å²) in [5.41, 5.74) is 2.66. The van der Waals surface area contributed by atoms with Crippen molar-refractivity contribution in [3.05, 3.63) is 70.9 Å². The van der Waals surface area contributed by atoms with Crippen LogP contribution in [0, 0.1) is 40.9 Å². The van der Waals surface area contributed by atoms with E-state index in [9.17, 15) is 15.2 Å². The lowest BCUT2D eigenvalue weighted by molar-refractivity contribution is 0.0699. The zero-order valence-corrected chi connectivity index (χ0v) is 15.3. The highest BCUT2D eigenvalue weighted by Gasteiger charge is 2.14. The number of aromatic nitrogens is 1. The average Bonchev–Trinajstić information content (AvgIpc) is 2.73. The van der Waals surface area contributed by atoms with E-state index in [1.165, 1.54) is 6.07 Å². The number of benzene rings is 2. The molecule has 0 saturated heterocycles. The Balaban J connectivity index is 2.11. The van der Waals surface area contributed by atoms with Gasteiger partial charge in [0.05, 0.1) is 16.8 Å². The van der Waals surface area contributed by atoms with E-state index >= 15 is 0 Å². The molecule has 0 aliphatic rings. The molecule has 1 aromatic heterocycles. The quantitative estimate of drug-likeness (QED) is 0.650. The minimum atomic E-state index is -1.05. The summed E-state index contributed by atoms with van der Waals surface area (Å²) in [4.78, 5) is 16.3. The Bertz CT molecular complexity index is 1290. The van der Waals surface area contributed by atoms with Gasteiger partial charge in [-0.2, -0.15) is 15.8 Å². The summed E-state index contributed by atoms with van der Waals surface area (Å²) >= 11 is 0. The summed E-state index contributed by atoms with van der Waals surface area (Å²) in [5, 5.41) is 40.0. The zero-order chi connectivity index (χ0) is 21.0. The summed E-state index contributed by atoms with van der Waals surface area (Å²) in [5.74, 6) is -1.05. The fourth-order valence-corrected chi connectivity index (χ4v) is 2.85. The van der Waals surface area contributed by atoms with Crippen molar-refractivity contribution in [3.63, 3.8) is 0 Å². The Morgan fingerprint density at radius 1 is 1.03 bits per heavy atom. The Morgan fingerprint density at radius 2 is 1.79 bits per heavy atom. The molecule has 0 amide bonds. The number of pyridine rings is 1. The van der Waals surface area contributed by atoms with Crippen LogP contribution in [0.1, 0.15) is 15.9 Å². The molecule has 0 aliphatic heterocycles. The lowest BCUT2D eigenvalue weighted by Crippen LogP contribution is -2.02. The van der Waals surface area contributed by atoms with E-state index in [0.717, 1.165) is 5.56 Å². The van der Waals surface area contributed by atoms with Crippen molar-refractivity contribution in [1.29, 1.82) is 15.8 Å². The summed E-state index contributed by atoms with van der Waals surface area (Å²) in [6, 6.07) is 18.8. The molecule has 29 heavy (non-hydrogen) atoms. The maximum atomic E-state index is 11.8. The van der Waals surface area contributed by atoms with Gasteiger partial charge in [0.25, 0.3) is 0 Å². The molecular formula is C22H13N5O2. The first-order chi connectivity index (χ1) is 14.0. The maximum absolute atomic E-state index is 11.8. The molecule has 0 unspecified atom stereocenters. The van der Waals surface area contributed by atoms with Crippen LogP contribution in [0.4, 0.5) is 5.69 Å². The smallest absolute Gasteiger partial charge is 0.336 e. The van der Waals surface area contributed by atoms with Gasteiger partial charge in [0.15, 0.2) is 5.57 Å². The molecule has 2 N–H and O–H groups in total. The van der Waals surface area contributed by atoms with E-state index < -0.39 is 5.97 Å². The summed E-state index contributed by atoms with van der Waals surface area (Å²) in [7, 11) is 0. The molecule has 7 heteroatoms. The largest absolute Gasteiger partial charge is 0.478 e. The van der Waals surface area contributed by atoms with Crippen molar-refractivity contribution in [3.8, 4) is 29.5 Å². The van der Waals surface area contributed by atoms with E-state index in [4.69, 9.17) is 10.5 Å². The third-order valence-corrected chi connectivity index (χ3v) is 4.21. The van der Waals surface area contributed by atoms with Gasteiger partial charge < -0.3 is 10.4 Å². The topological polar surface area (TPSA) is 134 Å². The van der Waals surface area contributed by atoms with Crippen LogP contribution in [0.15, 0.2) is 59.8 Å². The molecule has 2 aromatic carbocycles. The van der Waals surface area contributed by atoms with Gasteiger partial charge in [0.2, 0.25) is 0 Å². The predicted molar refractivity (Wildman–Crippen MR) is 106 cm³/mol. The third-order valence-electron chi connectivity index (χ3n) is 4.21. The van der Waals surface area contributed by atoms with Crippen molar-refractivity contribution < 1.29 is 9.90 Å². The Kier molecular flexibility index (Phi) is 5.22. The molecule has 0 aliphatic carbocycles. The number of nitrogens with one attached hydrogen (secondary N) is 1. The maximum Gasteiger partial charge on any atom is 0.336 e. The van der Waals surface area contributed by atoms with Gasteiger partial charge in [-0.1, -0.05) is 23.8 Å². The highest BCUT2D eigenvalue weighted by Crippen LogP contribution is 2.27. The second-order valence-corrected chi connectivity index (χ2v) is 6.17. The first kappa shape index (κ1) is 19.1. The second-order valence-electron chi connectivity index (χ2n) is 6.17. The van der Waals surface area contributed by atoms with Crippen molar-refractivity contribution in [2.45, 2.75) is 6.92 Å². The standard InChI is InChI=1S/C22H13N5O2/c1-13-5-6-19-17(7-13)18(22(28)29)9-20(27-19)14-3-2-4-16(8-14)26-21(12-25)15(10-23)11-24/h2-9,26H,1H3,(H,28,29). The van der Waals surface area contributed by atoms with Gasteiger partial charge in [0.1, 0.15) is 23.9 Å². The number of aromatic carboxylic acids is 1. The number of carboxylic acid groups (broad SMARTS) is 1. The molecule has 7 nitrogen and oxygen atoms in total. The SMILES string of the molecule is Cc1ccc2nc(-c3cccc(NC(C#N)=C(C#N)C#N)c3)cc(C(=O)O)c2c1. The van der Waals surface area contributed by atoms with E-state index in [0.29, 0.717) is 27.8 Å². The molecule has 3 rings (SSSR count). The first-order valence-electron chi connectivity index (χ1n) is 8.43. The summed E-state index contributed by atoms with van der Waals surface area (Å²) < 4.78 is 0. The molecule has 0 atom stereocenters. The van der Waals surface area contributed by atoms with Crippen molar-refractivity contribution in [1.82, 2.24) is 4.98 Å². The fraction of sp³-hybridized carbons (Fsp3) is 0.0455. The van der Waals surface area contributed by atoms with Crippen molar-refractivity contribution in [2.75, 3.05) is 5.32 Å². The number of allylic oxidation sites excluding steroid dienone is 2. The van der Waals surface area contributed by atoms with E-state index in [-0.39, 0.29) is 16.8 Å². The molecule has 0 radical (unpaired) electrons. The third kappa shape index (κ3) is 3.88. The summed E-state index contributed by atoms with van der Waals surface area (Å²) in [6.45, 7) is 1.88. The van der Waals surface area contributed by atoms with Crippen LogP contribution in [0.5, 0.6) is 0 Å². The normalized spacial score (nSPS) is 9.72. The van der Waals surface area contributed by atoms with Crippen LogP contribution in [0.2, 0.25) is 0 Å². The van der Waals surface area contributed by atoms with Gasteiger partial charge in [-0.15, -0.1) is 0 Å². The molecular weight excluding hydrogens is 366 g/mol. The number of nitriles is 3. The number of fused-ring (bicyclic) bond motifs is 1. The van der Waals surface area contributed by atoms with Crippen molar-refractivity contribution in [2.24, 2.45) is 0 Å². The van der Waals surface area contributed by atoms with Crippen LogP contribution in [-0.2, 0) is 0 Å². The monoisotopic (exact) mass is 379 g/mol. The number of carbonyl (C=O) groups is 1. The van der Waals surface area contributed by atoms with Crippen LogP contribution in [0.25, 0.3) is 22.2 Å². The highest BCUT2D eigenvalue weighted by molar-refractivity contribution is 6.04. The second kappa shape index (κ2) is 7.92. The Morgan fingerprint density at radius 3 is 2.45 bits per heavy atom. The van der Waals surface area contributed by atoms with Crippen LogP contribution < -0.4 is 5.32 Å². The van der Waals surface area contributed by atoms with Gasteiger partial charge in [0, 0.05) is 16.6 Å². The van der Waals surface area contributed by atoms with Gasteiger partial charge >= 0.3 is 5.97 Å².